The van der Waals surface area contributed by atoms with Crippen molar-refractivity contribution in [3.05, 3.63) is 0 Å². The molecular formula is C21H34N2O8. The quantitative estimate of drug-likeness (QED) is 0.130. The monoisotopic (exact) mass is 442 g/mol. The van der Waals surface area contributed by atoms with Gasteiger partial charge in [-0.15, -0.1) is 0 Å². The Bertz CT molecular complexity index is 580. The van der Waals surface area contributed by atoms with Gasteiger partial charge in [-0.1, -0.05) is 0 Å². The van der Waals surface area contributed by atoms with Crippen molar-refractivity contribution < 1.29 is 38.2 Å². The topological polar surface area (TPSA) is 145 Å². The molecule has 0 fully saturated rings. The molecule has 0 spiro atoms. The second-order valence-electron chi connectivity index (χ2n) is 6.95. The largest absolute Gasteiger partial charge is 0.466 e. The number of nitrogens with one attached hydrogen (secondary N) is 2. The summed E-state index contributed by atoms with van der Waals surface area (Å²) in [4.78, 5) is 66.7. The number of esters is 2. The van der Waals surface area contributed by atoms with Crippen LogP contribution in [0.15, 0.2) is 0 Å². The van der Waals surface area contributed by atoms with E-state index < -0.39 is 23.7 Å². The van der Waals surface area contributed by atoms with Gasteiger partial charge in [0.25, 0.3) is 0 Å². The maximum absolute atomic E-state index is 11.9. The lowest BCUT2D eigenvalue weighted by molar-refractivity contribution is -0.152. The van der Waals surface area contributed by atoms with Crippen LogP contribution in [0.3, 0.4) is 0 Å². The van der Waals surface area contributed by atoms with E-state index in [4.69, 9.17) is 9.47 Å². The molecule has 10 nitrogen and oxygen atoms in total. The van der Waals surface area contributed by atoms with Crippen LogP contribution in [0.2, 0.25) is 0 Å². The van der Waals surface area contributed by atoms with Gasteiger partial charge in [0.15, 0.2) is 0 Å². The van der Waals surface area contributed by atoms with E-state index in [-0.39, 0.29) is 32.1 Å². The van der Waals surface area contributed by atoms with Crippen LogP contribution in [-0.4, -0.2) is 62.6 Å². The van der Waals surface area contributed by atoms with Crippen molar-refractivity contribution in [2.45, 2.75) is 64.7 Å². The molecule has 0 saturated heterocycles. The Labute approximate surface area is 182 Å². The summed E-state index contributed by atoms with van der Waals surface area (Å²) in [6, 6.07) is 0. The van der Waals surface area contributed by atoms with Gasteiger partial charge in [-0.2, -0.15) is 0 Å². The highest BCUT2D eigenvalue weighted by molar-refractivity contribution is 5.97. The van der Waals surface area contributed by atoms with Crippen molar-refractivity contribution in [2.24, 2.45) is 5.92 Å². The van der Waals surface area contributed by atoms with Crippen LogP contribution in [0.4, 0.5) is 0 Å². The first-order valence-corrected chi connectivity index (χ1v) is 10.7. The SMILES string of the molecule is CC(C(=O)NCCNC(=O)CC=O)C(=O)OCCCCCC(=O)OCCCCCC=O. The van der Waals surface area contributed by atoms with Crippen LogP contribution in [0.1, 0.15) is 64.7 Å². The zero-order chi connectivity index (χ0) is 23.3. The van der Waals surface area contributed by atoms with Crippen molar-refractivity contribution in [3.8, 4) is 0 Å². The maximum atomic E-state index is 11.9. The summed E-state index contributed by atoms with van der Waals surface area (Å²) >= 11 is 0. The molecule has 0 aromatic carbocycles. The normalized spacial score (nSPS) is 11.1. The van der Waals surface area contributed by atoms with Crippen LogP contribution < -0.4 is 10.6 Å². The summed E-state index contributed by atoms with van der Waals surface area (Å²) in [5.41, 5.74) is 0. The lowest BCUT2D eigenvalue weighted by atomic mass is 10.1. The molecule has 31 heavy (non-hydrogen) atoms. The molecule has 176 valence electrons. The fraction of sp³-hybridized carbons (Fsp3) is 0.714. The van der Waals surface area contributed by atoms with Gasteiger partial charge in [-0.05, 0) is 45.4 Å². The number of unbranched alkanes of at least 4 members (excludes halogenated alkanes) is 5. The number of hydrogen-bond donors (Lipinski definition) is 2. The molecule has 0 aliphatic carbocycles. The van der Waals surface area contributed by atoms with E-state index in [1.54, 1.807) is 0 Å². The molecule has 0 heterocycles. The summed E-state index contributed by atoms with van der Waals surface area (Å²) in [5.74, 6) is -2.83. The highest BCUT2D eigenvalue weighted by Gasteiger charge is 2.22. The number of aldehydes is 2. The Balaban J connectivity index is 3.69. The molecule has 0 saturated carbocycles. The predicted molar refractivity (Wildman–Crippen MR) is 111 cm³/mol. The average molecular weight is 443 g/mol. The van der Waals surface area contributed by atoms with E-state index in [0.717, 1.165) is 25.5 Å². The molecule has 10 heteroatoms. The van der Waals surface area contributed by atoms with E-state index in [1.807, 2.05) is 0 Å². The predicted octanol–water partition coefficient (Wildman–Crippen LogP) is 0.850. The summed E-state index contributed by atoms with van der Waals surface area (Å²) in [7, 11) is 0. The van der Waals surface area contributed by atoms with Crippen LogP contribution in [0.25, 0.3) is 0 Å². The molecule has 0 aromatic rings. The van der Waals surface area contributed by atoms with Crippen LogP contribution >= 0.6 is 0 Å². The van der Waals surface area contributed by atoms with Gasteiger partial charge >= 0.3 is 11.9 Å². The van der Waals surface area contributed by atoms with Crippen LogP contribution in [-0.2, 0) is 38.2 Å². The van der Waals surface area contributed by atoms with E-state index in [0.29, 0.717) is 45.0 Å². The van der Waals surface area contributed by atoms with Gasteiger partial charge in [0.1, 0.15) is 18.5 Å². The smallest absolute Gasteiger partial charge is 0.318 e. The van der Waals surface area contributed by atoms with Gasteiger partial charge in [-0.25, -0.2) is 0 Å². The van der Waals surface area contributed by atoms with Crippen molar-refractivity contribution in [1.82, 2.24) is 10.6 Å². The zero-order valence-corrected chi connectivity index (χ0v) is 18.2. The first-order valence-electron chi connectivity index (χ1n) is 10.7. The third-order valence-corrected chi connectivity index (χ3v) is 4.26. The molecule has 0 aromatic heterocycles. The summed E-state index contributed by atoms with van der Waals surface area (Å²) in [6.45, 7) is 2.24. The molecule has 0 bridgehead atoms. The van der Waals surface area contributed by atoms with Crippen molar-refractivity contribution in [1.29, 1.82) is 0 Å². The highest BCUT2D eigenvalue weighted by atomic mass is 16.5. The van der Waals surface area contributed by atoms with Gasteiger partial charge < -0.3 is 29.7 Å². The molecule has 0 rings (SSSR count). The minimum Gasteiger partial charge on any atom is -0.466 e. The second kappa shape index (κ2) is 19.2. The molecule has 1 atom stereocenters. The number of carbonyl (C=O) groups excluding carboxylic acids is 6. The number of rotatable bonds is 19. The Morgan fingerprint density at radius 1 is 0.806 bits per heavy atom. The lowest BCUT2D eigenvalue weighted by Gasteiger charge is -2.12. The lowest BCUT2D eigenvalue weighted by Crippen LogP contribution is -2.39. The van der Waals surface area contributed by atoms with Gasteiger partial charge in [0.2, 0.25) is 11.8 Å². The molecular weight excluding hydrogens is 408 g/mol. The fourth-order valence-electron chi connectivity index (χ4n) is 2.41. The molecule has 2 N–H and O–H groups in total. The van der Waals surface area contributed by atoms with Crippen LogP contribution in [0, 0.1) is 5.92 Å². The Morgan fingerprint density at radius 2 is 1.45 bits per heavy atom. The minimum atomic E-state index is -0.979. The number of ether oxygens (including phenoxy) is 2. The van der Waals surface area contributed by atoms with E-state index in [2.05, 4.69) is 10.6 Å². The van der Waals surface area contributed by atoms with Crippen LogP contribution in [0.5, 0.6) is 0 Å². The molecule has 0 aliphatic heterocycles. The summed E-state index contributed by atoms with van der Waals surface area (Å²) < 4.78 is 10.2. The minimum absolute atomic E-state index is 0.135. The third kappa shape index (κ3) is 16.7. The van der Waals surface area contributed by atoms with Gasteiger partial charge in [0.05, 0.1) is 19.6 Å². The van der Waals surface area contributed by atoms with Crippen molar-refractivity contribution in [2.75, 3.05) is 26.3 Å². The van der Waals surface area contributed by atoms with Crippen molar-refractivity contribution >= 4 is 36.3 Å². The van der Waals surface area contributed by atoms with Gasteiger partial charge in [0, 0.05) is 25.9 Å². The highest BCUT2D eigenvalue weighted by Crippen LogP contribution is 2.05. The van der Waals surface area contributed by atoms with E-state index in [9.17, 15) is 28.8 Å². The standard InChI is InChI=1S/C21H34N2O8/c1-17(20(28)23-12-11-22-18(26)10-14-25)21(29)31-16-8-4-5-9-19(27)30-15-7-3-2-6-13-24/h13-14,17H,2-12,15-16H2,1H3,(H,22,26)(H,23,28). The number of carbonyl (C=O) groups is 6. The average Bonchev–Trinajstić information content (AvgIpc) is 2.75. The fourth-order valence-corrected chi connectivity index (χ4v) is 2.41. The van der Waals surface area contributed by atoms with E-state index in [1.165, 1.54) is 6.92 Å². The molecule has 2 amide bonds. The molecule has 0 aliphatic rings. The zero-order valence-electron chi connectivity index (χ0n) is 18.2. The molecule has 1 unspecified atom stereocenters. The first-order chi connectivity index (χ1) is 14.9. The number of hydrogen-bond acceptors (Lipinski definition) is 8. The summed E-state index contributed by atoms with van der Waals surface area (Å²) in [5, 5.41) is 4.95. The Kier molecular flexibility index (Phi) is 17.5. The van der Waals surface area contributed by atoms with E-state index >= 15 is 0 Å². The Morgan fingerprint density at radius 3 is 2.13 bits per heavy atom. The second-order valence-corrected chi connectivity index (χ2v) is 6.95. The maximum Gasteiger partial charge on any atom is 0.318 e. The first kappa shape index (κ1) is 28.2. The Hall–Kier alpha value is -2.78. The molecule has 0 radical (unpaired) electrons. The summed E-state index contributed by atoms with van der Waals surface area (Å²) in [6.07, 6.45) is 6.23. The number of amides is 2. The van der Waals surface area contributed by atoms with Crippen molar-refractivity contribution in [3.63, 3.8) is 0 Å². The third-order valence-electron chi connectivity index (χ3n) is 4.26. The van der Waals surface area contributed by atoms with Gasteiger partial charge in [-0.3, -0.25) is 19.2 Å².